The molecular formula is C23H28N2O5S. The number of rotatable bonds is 5. The average molecular weight is 445 g/mol. The van der Waals surface area contributed by atoms with Gasteiger partial charge >= 0.3 is 5.97 Å². The van der Waals surface area contributed by atoms with Crippen LogP contribution in [0.3, 0.4) is 0 Å². The minimum atomic E-state index is -3.73. The van der Waals surface area contributed by atoms with E-state index in [9.17, 15) is 18.0 Å². The van der Waals surface area contributed by atoms with Gasteiger partial charge in [-0.15, -0.1) is 0 Å². The Hall–Kier alpha value is -2.71. The minimum absolute atomic E-state index is 0.0917. The number of carbonyl (C=O) groups is 2. The number of esters is 1. The molecule has 2 aromatic rings. The molecule has 1 heterocycles. The normalized spacial score (nSPS) is 15.2. The van der Waals surface area contributed by atoms with E-state index in [4.69, 9.17) is 0 Å². The Morgan fingerprint density at radius 3 is 2.03 bits per heavy atom. The first-order valence-electron chi connectivity index (χ1n) is 10.2. The molecule has 0 radical (unpaired) electrons. The number of sulfonamides is 1. The van der Waals surface area contributed by atoms with Crippen molar-refractivity contribution in [1.29, 1.82) is 0 Å². The zero-order valence-electron chi connectivity index (χ0n) is 18.3. The van der Waals surface area contributed by atoms with E-state index in [1.54, 1.807) is 11.8 Å². The maximum atomic E-state index is 13.1. The van der Waals surface area contributed by atoms with Crippen LogP contribution in [0.5, 0.6) is 0 Å². The SMILES string of the molecule is COC(=O)c1ccc(S(=O)(=O)N2CCN(C(=O)c3ccc(C(C)C)cc3)CC2)c(C)c1. The number of benzene rings is 2. The number of hydrogen-bond acceptors (Lipinski definition) is 5. The zero-order chi connectivity index (χ0) is 22.8. The highest BCUT2D eigenvalue weighted by atomic mass is 32.2. The third kappa shape index (κ3) is 4.80. The van der Waals surface area contributed by atoms with Crippen LogP contribution >= 0.6 is 0 Å². The van der Waals surface area contributed by atoms with E-state index < -0.39 is 16.0 Å². The van der Waals surface area contributed by atoms with Gasteiger partial charge in [-0.25, -0.2) is 13.2 Å². The van der Waals surface area contributed by atoms with Crippen LogP contribution in [-0.2, 0) is 14.8 Å². The molecule has 3 rings (SSSR count). The second kappa shape index (κ2) is 9.20. The van der Waals surface area contributed by atoms with Crippen LogP contribution < -0.4 is 0 Å². The molecule has 1 amide bonds. The van der Waals surface area contributed by atoms with Crippen molar-refractivity contribution in [2.24, 2.45) is 0 Å². The van der Waals surface area contributed by atoms with Crippen molar-refractivity contribution in [2.75, 3.05) is 33.3 Å². The van der Waals surface area contributed by atoms with E-state index in [0.29, 0.717) is 35.7 Å². The summed E-state index contributed by atoms with van der Waals surface area (Å²) in [7, 11) is -2.45. The quantitative estimate of drug-likeness (QED) is 0.662. The van der Waals surface area contributed by atoms with E-state index in [0.717, 1.165) is 0 Å². The molecule has 1 aliphatic heterocycles. The van der Waals surface area contributed by atoms with Crippen LogP contribution in [-0.4, -0.2) is 62.8 Å². The lowest BCUT2D eigenvalue weighted by atomic mass is 10.0. The third-order valence-corrected chi connectivity index (χ3v) is 7.62. The van der Waals surface area contributed by atoms with Crippen molar-refractivity contribution < 1.29 is 22.7 Å². The summed E-state index contributed by atoms with van der Waals surface area (Å²) in [4.78, 5) is 26.3. The van der Waals surface area contributed by atoms with Gasteiger partial charge in [-0.1, -0.05) is 26.0 Å². The molecule has 7 nitrogen and oxygen atoms in total. The van der Waals surface area contributed by atoms with Gasteiger partial charge in [0, 0.05) is 31.7 Å². The van der Waals surface area contributed by atoms with E-state index in [1.807, 2.05) is 24.3 Å². The molecule has 0 spiro atoms. The minimum Gasteiger partial charge on any atom is -0.465 e. The number of aryl methyl sites for hydroxylation is 1. The maximum Gasteiger partial charge on any atom is 0.337 e. The average Bonchev–Trinajstić information content (AvgIpc) is 2.77. The fourth-order valence-corrected chi connectivity index (χ4v) is 5.28. The van der Waals surface area contributed by atoms with E-state index in [-0.39, 0.29) is 23.9 Å². The van der Waals surface area contributed by atoms with Crippen molar-refractivity contribution in [2.45, 2.75) is 31.6 Å². The van der Waals surface area contributed by atoms with Gasteiger partial charge in [0.2, 0.25) is 10.0 Å². The van der Waals surface area contributed by atoms with Crippen LogP contribution in [0, 0.1) is 6.92 Å². The zero-order valence-corrected chi connectivity index (χ0v) is 19.1. The smallest absolute Gasteiger partial charge is 0.337 e. The van der Waals surface area contributed by atoms with Crippen molar-refractivity contribution in [3.8, 4) is 0 Å². The number of carbonyl (C=O) groups excluding carboxylic acids is 2. The lowest BCUT2D eigenvalue weighted by molar-refractivity contribution is 0.0600. The first-order chi connectivity index (χ1) is 14.6. The fourth-order valence-electron chi connectivity index (χ4n) is 3.65. The molecule has 31 heavy (non-hydrogen) atoms. The number of ether oxygens (including phenoxy) is 1. The van der Waals surface area contributed by atoms with E-state index in [2.05, 4.69) is 18.6 Å². The van der Waals surface area contributed by atoms with Crippen molar-refractivity contribution >= 4 is 21.9 Å². The molecule has 2 aromatic carbocycles. The molecular weight excluding hydrogens is 416 g/mol. The van der Waals surface area contributed by atoms with Crippen LogP contribution in [0.2, 0.25) is 0 Å². The standard InChI is InChI=1S/C23H28N2O5S/c1-16(2)18-5-7-19(8-6-18)22(26)24-11-13-25(14-12-24)31(28,29)21-10-9-20(15-17(21)3)23(27)30-4/h5-10,15-16H,11-14H2,1-4H3. The highest BCUT2D eigenvalue weighted by Gasteiger charge is 2.31. The van der Waals surface area contributed by atoms with Crippen molar-refractivity contribution in [1.82, 2.24) is 9.21 Å². The van der Waals surface area contributed by atoms with Gasteiger partial charge in [-0.2, -0.15) is 4.31 Å². The molecule has 0 aromatic heterocycles. The Morgan fingerprint density at radius 1 is 0.935 bits per heavy atom. The summed E-state index contributed by atoms with van der Waals surface area (Å²) < 4.78 is 32.3. The summed E-state index contributed by atoms with van der Waals surface area (Å²) in [5, 5.41) is 0. The van der Waals surface area contributed by atoms with Gasteiger partial charge in [-0.3, -0.25) is 4.79 Å². The summed E-state index contributed by atoms with van der Waals surface area (Å²) >= 11 is 0. The second-order valence-electron chi connectivity index (χ2n) is 7.94. The number of piperazine rings is 1. The molecule has 0 N–H and O–H groups in total. The van der Waals surface area contributed by atoms with Crippen LogP contribution in [0.1, 0.15) is 51.6 Å². The Bertz CT molecular complexity index is 1070. The molecule has 8 heteroatoms. The largest absolute Gasteiger partial charge is 0.465 e. The van der Waals surface area contributed by atoms with Crippen LogP contribution in [0.15, 0.2) is 47.4 Å². The molecule has 0 unspecified atom stereocenters. The second-order valence-corrected chi connectivity index (χ2v) is 9.85. The summed E-state index contributed by atoms with van der Waals surface area (Å²) in [5.74, 6) is -0.213. The monoisotopic (exact) mass is 444 g/mol. The number of methoxy groups -OCH3 is 1. The molecule has 1 aliphatic rings. The lowest BCUT2D eigenvalue weighted by Gasteiger charge is -2.34. The summed E-state index contributed by atoms with van der Waals surface area (Å²) in [6.07, 6.45) is 0. The molecule has 0 saturated carbocycles. The first kappa shape index (κ1) is 23.0. The van der Waals surface area contributed by atoms with Gasteiger partial charge in [0.15, 0.2) is 0 Å². The van der Waals surface area contributed by atoms with Crippen molar-refractivity contribution in [3.05, 3.63) is 64.7 Å². The van der Waals surface area contributed by atoms with Gasteiger partial charge in [0.05, 0.1) is 17.6 Å². The predicted octanol–water partition coefficient (Wildman–Crippen LogP) is 3.05. The van der Waals surface area contributed by atoms with Gasteiger partial charge < -0.3 is 9.64 Å². The van der Waals surface area contributed by atoms with E-state index >= 15 is 0 Å². The molecule has 1 saturated heterocycles. The Morgan fingerprint density at radius 2 is 1.52 bits per heavy atom. The molecule has 1 fully saturated rings. The topological polar surface area (TPSA) is 84.0 Å². The number of nitrogens with zero attached hydrogens (tertiary/aromatic N) is 2. The fraction of sp³-hybridized carbons (Fsp3) is 0.391. The highest BCUT2D eigenvalue weighted by molar-refractivity contribution is 7.89. The van der Waals surface area contributed by atoms with Gasteiger partial charge in [-0.05, 0) is 54.3 Å². The number of hydrogen-bond donors (Lipinski definition) is 0. The third-order valence-electron chi connectivity index (χ3n) is 5.56. The first-order valence-corrected chi connectivity index (χ1v) is 11.7. The number of amides is 1. The highest BCUT2D eigenvalue weighted by Crippen LogP contribution is 2.23. The van der Waals surface area contributed by atoms with E-state index in [1.165, 1.54) is 35.2 Å². The molecule has 166 valence electrons. The summed E-state index contributed by atoms with van der Waals surface area (Å²) in [5.41, 5.74) is 2.56. The molecule has 0 atom stereocenters. The van der Waals surface area contributed by atoms with Gasteiger partial charge in [0.25, 0.3) is 5.91 Å². The lowest BCUT2D eigenvalue weighted by Crippen LogP contribution is -2.50. The molecule has 0 aliphatic carbocycles. The summed E-state index contributed by atoms with van der Waals surface area (Å²) in [6, 6.07) is 12.0. The van der Waals surface area contributed by atoms with Crippen molar-refractivity contribution in [3.63, 3.8) is 0 Å². The predicted molar refractivity (Wildman–Crippen MR) is 118 cm³/mol. The van der Waals surface area contributed by atoms with Crippen LogP contribution in [0.25, 0.3) is 0 Å². The Labute approximate surface area is 183 Å². The van der Waals surface area contributed by atoms with Crippen LogP contribution in [0.4, 0.5) is 0 Å². The maximum absolute atomic E-state index is 13.1. The molecule has 0 bridgehead atoms. The Kier molecular flexibility index (Phi) is 6.81. The Balaban J connectivity index is 1.69. The summed E-state index contributed by atoms with van der Waals surface area (Å²) in [6.45, 7) is 6.93. The van der Waals surface area contributed by atoms with Gasteiger partial charge in [0.1, 0.15) is 0 Å².